The lowest BCUT2D eigenvalue weighted by Gasteiger charge is -2.14. The molecule has 0 bridgehead atoms. The van der Waals surface area contributed by atoms with E-state index in [9.17, 15) is 4.79 Å². The first-order chi connectivity index (χ1) is 15.9. The zero-order valence-corrected chi connectivity index (χ0v) is 20.5. The average molecular weight is 497 g/mol. The van der Waals surface area contributed by atoms with Crippen molar-refractivity contribution in [3.63, 3.8) is 0 Å². The van der Waals surface area contributed by atoms with Gasteiger partial charge in [-0.25, -0.2) is 0 Å². The van der Waals surface area contributed by atoms with Crippen molar-refractivity contribution in [2.45, 2.75) is 25.4 Å². The molecule has 1 amide bonds. The van der Waals surface area contributed by atoms with Crippen LogP contribution in [0.3, 0.4) is 0 Å². The van der Waals surface area contributed by atoms with Gasteiger partial charge in [0.2, 0.25) is 5.91 Å². The second kappa shape index (κ2) is 10.4. The zero-order chi connectivity index (χ0) is 23.4. The number of rotatable bonds is 7. The lowest BCUT2D eigenvalue weighted by atomic mass is 10.1. The highest BCUT2D eigenvalue weighted by molar-refractivity contribution is 7.99. The molecule has 0 saturated carbocycles. The molecule has 3 aromatic carbocycles. The molecule has 33 heavy (non-hydrogen) atoms. The summed E-state index contributed by atoms with van der Waals surface area (Å²) in [5, 5.41) is 13.1. The smallest absolute Gasteiger partial charge is 0.234 e. The number of para-hydroxylation sites is 1. The average Bonchev–Trinajstić information content (AvgIpc) is 3.18. The van der Waals surface area contributed by atoms with E-state index in [2.05, 4.69) is 59.7 Å². The van der Waals surface area contributed by atoms with Crippen LogP contribution in [0.15, 0.2) is 71.9 Å². The van der Waals surface area contributed by atoms with Gasteiger partial charge in [-0.15, -0.1) is 10.2 Å². The van der Waals surface area contributed by atoms with Gasteiger partial charge in [0.25, 0.3) is 0 Å². The summed E-state index contributed by atoms with van der Waals surface area (Å²) in [5.41, 5.74) is 4.83. The number of aromatic nitrogens is 3. The van der Waals surface area contributed by atoms with Gasteiger partial charge in [-0.1, -0.05) is 89.1 Å². The minimum absolute atomic E-state index is 0.135. The van der Waals surface area contributed by atoms with E-state index in [4.69, 9.17) is 23.2 Å². The molecular weight excluding hydrogens is 475 g/mol. The Balaban J connectivity index is 1.60. The number of aryl methyl sites for hydroxylation is 2. The highest BCUT2D eigenvalue weighted by Gasteiger charge is 2.18. The summed E-state index contributed by atoms with van der Waals surface area (Å²) in [6.07, 6.45) is 0.628. The highest BCUT2D eigenvalue weighted by atomic mass is 35.5. The maximum absolute atomic E-state index is 12.6. The largest absolute Gasteiger partial charge is 0.323 e. The van der Waals surface area contributed by atoms with Crippen molar-refractivity contribution in [3.8, 4) is 5.69 Å². The molecule has 8 heteroatoms. The maximum Gasteiger partial charge on any atom is 0.234 e. The van der Waals surface area contributed by atoms with Crippen LogP contribution in [0.2, 0.25) is 10.0 Å². The number of carbonyl (C=O) groups excluding carboxylic acids is 1. The van der Waals surface area contributed by atoms with Crippen LogP contribution in [0.1, 0.15) is 22.5 Å². The first-order valence-electron chi connectivity index (χ1n) is 10.3. The lowest BCUT2D eigenvalue weighted by molar-refractivity contribution is -0.113. The van der Waals surface area contributed by atoms with Gasteiger partial charge in [0, 0.05) is 6.42 Å². The first-order valence-corrected chi connectivity index (χ1v) is 12.1. The lowest BCUT2D eigenvalue weighted by Crippen LogP contribution is -2.15. The number of benzene rings is 3. The molecule has 5 nitrogen and oxygen atoms in total. The zero-order valence-electron chi connectivity index (χ0n) is 18.2. The van der Waals surface area contributed by atoms with Gasteiger partial charge < -0.3 is 5.32 Å². The van der Waals surface area contributed by atoms with Crippen LogP contribution < -0.4 is 5.32 Å². The minimum Gasteiger partial charge on any atom is -0.323 e. The molecule has 0 aliphatic heterocycles. The van der Waals surface area contributed by atoms with Crippen LogP contribution in [0, 0.1) is 13.8 Å². The molecule has 0 atom stereocenters. The molecule has 0 aliphatic rings. The minimum atomic E-state index is -0.227. The monoisotopic (exact) mass is 496 g/mol. The molecule has 1 aromatic heterocycles. The fourth-order valence-corrected chi connectivity index (χ4v) is 4.76. The van der Waals surface area contributed by atoms with Crippen molar-refractivity contribution in [2.24, 2.45) is 0 Å². The van der Waals surface area contributed by atoms with Gasteiger partial charge in [-0.05, 0) is 43.2 Å². The Kier molecular flexibility index (Phi) is 7.38. The molecule has 1 heterocycles. The van der Waals surface area contributed by atoms with Crippen molar-refractivity contribution in [2.75, 3.05) is 11.1 Å². The molecule has 1 N–H and O–H groups in total. The predicted molar refractivity (Wildman–Crippen MR) is 136 cm³/mol. The van der Waals surface area contributed by atoms with E-state index < -0.39 is 0 Å². The van der Waals surface area contributed by atoms with E-state index in [1.807, 2.05) is 22.8 Å². The Bertz CT molecular complexity index is 1270. The Morgan fingerprint density at radius 1 is 0.970 bits per heavy atom. The molecule has 0 fully saturated rings. The number of thioether (sulfide) groups is 1. The van der Waals surface area contributed by atoms with E-state index >= 15 is 0 Å². The standard InChI is InChI=1S/C25H22Cl2N4OS/c1-16-11-12-21(17(2)13-16)31-22(14-18-7-4-3-5-8-18)29-30-25(31)33-15-23(32)28-24-19(26)9-6-10-20(24)27/h3-13H,14-15H2,1-2H3,(H,28,32). The Labute approximate surface area is 207 Å². The van der Waals surface area contributed by atoms with Crippen molar-refractivity contribution >= 4 is 46.6 Å². The SMILES string of the molecule is Cc1ccc(-n2c(Cc3ccccc3)nnc2SCC(=O)Nc2c(Cl)cccc2Cl)c(C)c1. The number of carbonyl (C=O) groups is 1. The van der Waals surface area contributed by atoms with Crippen molar-refractivity contribution in [1.82, 2.24) is 14.8 Å². The molecule has 0 spiro atoms. The van der Waals surface area contributed by atoms with Crippen LogP contribution in [0.4, 0.5) is 5.69 Å². The van der Waals surface area contributed by atoms with Crippen LogP contribution in [0.25, 0.3) is 5.69 Å². The fraction of sp³-hybridized carbons (Fsp3) is 0.160. The number of nitrogens with zero attached hydrogens (tertiary/aromatic N) is 3. The van der Waals surface area contributed by atoms with Gasteiger partial charge in [0.15, 0.2) is 5.16 Å². The Hall–Kier alpha value is -2.80. The Morgan fingerprint density at radius 2 is 1.70 bits per heavy atom. The second-order valence-corrected chi connectivity index (χ2v) is 9.38. The summed E-state index contributed by atoms with van der Waals surface area (Å²) < 4.78 is 2.03. The van der Waals surface area contributed by atoms with E-state index in [0.717, 1.165) is 22.6 Å². The fourth-order valence-electron chi connectivity index (χ4n) is 3.51. The van der Waals surface area contributed by atoms with E-state index in [-0.39, 0.29) is 11.7 Å². The van der Waals surface area contributed by atoms with Crippen molar-refractivity contribution < 1.29 is 4.79 Å². The number of nitrogens with one attached hydrogen (secondary N) is 1. The summed E-state index contributed by atoms with van der Waals surface area (Å²) in [4.78, 5) is 12.6. The van der Waals surface area contributed by atoms with Gasteiger partial charge in [0.1, 0.15) is 5.82 Å². The van der Waals surface area contributed by atoms with E-state index in [0.29, 0.717) is 27.3 Å². The highest BCUT2D eigenvalue weighted by Crippen LogP contribution is 2.31. The van der Waals surface area contributed by atoms with Crippen LogP contribution in [-0.4, -0.2) is 26.4 Å². The third-order valence-electron chi connectivity index (χ3n) is 5.06. The van der Waals surface area contributed by atoms with Crippen molar-refractivity contribution in [3.05, 3.63) is 99.3 Å². The summed E-state index contributed by atoms with van der Waals surface area (Å²) in [5.74, 6) is 0.718. The van der Waals surface area contributed by atoms with Gasteiger partial charge >= 0.3 is 0 Å². The summed E-state index contributed by atoms with van der Waals surface area (Å²) in [6.45, 7) is 4.13. The van der Waals surface area contributed by atoms with Crippen LogP contribution in [-0.2, 0) is 11.2 Å². The van der Waals surface area contributed by atoms with Gasteiger partial charge in [0.05, 0.1) is 27.2 Å². The summed E-state index contributed by atoms with van der Waals surface area (Å²) in [7, 11) is 0. The molecular formula is C25H22Cl2N4OS. The molecule has 4 rings (SSSR count). The third-order valence-corrected chi connectivity index (χ3v) is 6.62. The first kappa shape index (κ1) is 23.4. The number of hydrogen-bond acceptors (Lipinski definition) is 4. The number of hydrogen-bond donors (Lipinski definition) is 1. The van der Waals surface area contributed by atoms with E-state index in [1.54, 1.807) is 18.2 Å². The Morgan fingerprint density at radius 3 is 2.39 bits per heavy atom. The molecule has 0 saturated heterocycles. The van der Waals surface area contributed by atoms with Crippen LogP contribution >= 0.6 is 35.0 Å². The predicted octanol–water partition coefficient (Wildman–Crippen LogP) is 6.51. The maximum atomic E-state index is 12.6. The molecule has 0 unspecified atom stereocenters. The van der Waals surface area contributed by atoms with Gasteiger partial charge in [-0.3, -0.25) is 9.36 Å². The third kappa shape index (κ3) is 5.58. The van der Waals surface area contributed by atoms with Gasteiger partial charge in [-0.2, -0.15) is 0 Å². The topological polar surface area (TPSA) is 59.8 Å². The molecule has 168 valence electrons. The molecule has 0 radical (unpaired) electrons. The van der Waals surface area contributed by atoms with Crippen molar-refractivity contribution in [1.29, 1.82) is 0 Å². The number of halogens is 2. The number of anilines is 1. The van der Waals surface area contributed by atoms with Crippen LogP contribution in [0.5, 0.6) is 0 Å². The quantitative estimate of drug-likeness (QED) is 0.296. The van der Waals surface area contributed by atoms with E-state index in [1.165, 1.54) is 17.3 Å². The molecule has 0 aliphatic carbocycles. The molecule has 4 aromatic rings. The summed E-state index contributed by atoms with van der Waals surface area (Å²) >= 11 is 13.7. The number of amides is 1. The second-order valence-electron chi connectivity index (χ2n) is 7.62. The summed E-state index contributed by atoms with van der Waals surface area (Å²) in [6, 6.07) is 21.5. The normalized spacial score (nSPS) is 10.9.